The summed E-state index contributed by atoms with van der Waals surface area (Å²) in [6.07, 6.45) is 0. The van der Waals surface area contributed by atoms with Gasteiger partial charge in [0.25, 0.3) is 0 Å². The third kappa shape index (κ3) is 2.08. The van der Waals surface area contributed by atoms with E-state index in [1.54, 1.807) is 0 Å². The van der Waals surface area contributed by atoms with Crippen molar-refractivity contribution in [2.24, 2.45) is 0 Å². The molecule has 4 heteroatoms. The fraction of sp³-hybridized carbons (Fsp3) is 0. The normalized spacial score (nSPS) is 10.9. The summed E-state index contributed by atoms with van der Waals surface area (Å²) in [7, 11) is 0. The van der Waals surface area contributed by atoms with Crippen LogP contribution in [0.2, 0.25) is 0 Å². The Bertz CT molecular complexity index is 505. The molecule has 0 aliphatic heterocycles. The Hall–Kier alpha value is 0.620. The van der Waals surface area contributed by atoms with Crippen molar-refractivity contribution >= 4 is 74.5 Å². The van der Waals surface area contributed by atoms with Crippen molar-refractivity contribution in [2.75, 3.05) is 0 Å². The molecule has 0 fully saturated rings. The molecule has 0 atom stereocenters. The summed E-state index contributed by atoms with van der Waals surface area (Å²) in [4.78, 5) is 0. The largest absolute Gasteiger partial charge is 0.0508 e. The Balaban J connectivity index is 2.89. The van der Waals surface area contributed by atoms with Crippen molar-refractivity contribution in [1.82, 2.24) is 0 Å². The average molecular weight is 444 g/mol. The fourth-order valence-corrected chi connectivity index (χ4v) is 3.35. The smallest absolute Gasteiger partial charge is 0.0324 e. The molecule has 0 aliphatic carbocycles. The van der Waals surface area contributed by atoms with Gasteiger partial charge in [-0.05, 0) is 66.9 Å². The molecule has 14 heavy (non-hydrogen) atoms. The zero-order chi connectivity index (χ0) is 10.3. The van der Waals surface area contributed by atoms with Crippen LogP contribution in [0.1, 0.15) is 0 Å². The minimum absolute atomic E-state index is 1.06. The molecule has 0 aliphatic rings. The van der Waals surface area contributed by atoms with Crippen LogP contribution in [-0.4, -0.2) is 0 Å². The molecule has 0 heterocycles. The highest BCUT2D eigenvalue weighted by atomic mass is 79.9. The van der Waals surface area contributed by atoms with Crippen LogP contribution in [0.25, 0.3) is 10.8 Å². The molecule has 0 saturated heterocycles. The molecule has 72 valence electrons. The Labute approximate surface area is 116 Å². The first-order valence-electron chi connectivity index (χ1n) is 3.82. The molecule has 0 saturated carbocycles. The van der Waals surface area contributed by atoms with E-state index in [0.29, 0.717) is 0 Å². The van der Waals surface area contributed by atoms with Crippen molar-refractivity contribution in [2.45, 2.75) is 0 Å². The number of rotatable bonds is 0. The number of hydrogen-bond donors (Lipinski definition) is 0. The molecule has 0 N–H and O–H groups in total. The summed E-state index contributed by atoms with van der Waals surface area (Å²) in [5.74, 6) is 0. The lowest BCUT2D eigenvalue weighted by Crippen LogP contribution is -1.78. The maximum Gasteiger partial charge on any atom is 0.0324 e. The average Bonchev–Trinajstić information content (AvgIpc) is 2.08. The van der Waals surface area contributed by atoms with Gasteiger partial charge in [-0.2, -0.15) is 0 Å². The summed E-state index contributed by atoms with van der Waals surface area (Å²) in [5.41, 5.74) is 0. The van der Waals surface area contributed by atoms with Crippen LogP contribution in [0.3, 0.4) is 0 Å². The molecule has 0 aromatic heterocycles. The van der Waals surface area contributed by atoms with Gasteiger partial charge < -0.3 is 0 Å². The van der Waals surface area contributed by atoms with Gasteiger partial charge in [0, 0.05) is 17.9 Å². The molecular weight excluding hydrogens is 440 g/mol. The molecule has 0 amide bonds. The highest BCUT2D eigenvalue weighted by Crippen LogP contribution is 2.34. The molecule has 2 rings (SSSR count). The molecule has 2 aromatic carbocycles. The van der Waals surface area contributed by atoms with Gasteiger partial charge in [-0.1, -0.05) is 31.9 Å². The van der Waals surface area contributed by atoms with Crippen molar-refractivity contribution in [3.63, 3.8) is 0 Å². The van der Waals surface area contributed by atoms with Crippen molar-refractivity contribution in [3.8, 4) is 0 Å². The second-order valence-corrected chi connectivity index (χ2v) is 6.35. The molecule has 0 unspecified atom stereocenters. The van der Waals surface area contributed by atoms with E-state index in [-0.39, 0.29) is 0 Å². The van der Waals surface area contributed by atoms with Crippen LogP contribution >= 0.6 is 63.7 Å². The molecule has 0 radical (unpaired) electrons. The lowest BCUT2D eigenvalue weighted by atomic mass is 10.1. The summed E-state index contributed by atoms with van der Waals surface area (Å²) in [6, 6.07) is 8.32. The van der Waals surface area contributed by atoms with Gasteiger partial charge >= 0.3 is 0 Å². The van der Waals surface area contributed by atoms with Gasteiger partial charge in [0.05, 0.1) is 0 Å². The lowest BCUT2D eigenvalue weighted by Gasteiger charge is -2.04. The quantitative estimate of drug-likeness (QED) is 0.476. The van der Waals surface area contributed by atoms with Gasteiger partial charge in [-0.25, -0.2) is 0 Å². The van der Waals surface area contributed by atoms with E-state index < -0.39 is 0 Å². The monoisotopic (exact) mass is 440 g/mol. The predicted octanol–water partition coefficient (Wildman–Crippen LogP) is 5.89. The van der Waals surface area contributed by atoms with Gasteiger partial charge in [-0.15, -0.1) is 0 Å². The number of halogens is 4. The van der Waals surface area contributed by atoms with Crippen LogP contribution in [0, 0.1) is 0 Å². The van der Waals surface area contributed by atoms with Gasteiger partial charge in [0.1, 0.15) is 0 Å². The minimum Gasteiger partial charge on any atom is -0.0508 e. The third-order valence-corrected chi connectivity index (χ3v) is 4.87. The predicted molar refractivity (Wildman–Crippen MR) is 74.7 cm³/mol. The third-order valence-electron chi connectivity index (χ3n) is 1.91. The van der Waals surface area contributed by atoms with Crippen molar-refractivity contribution in [1.29, 1.82) is 0 Å². The van der Waals surface area contributed by atoms with E-state index >= 15 is 0 Å². The standard InChI is InChI=1S/C10H4Br4/c11-6-1-5-2-9(13)10(14)4-7(5)8(12)3-6/h1-4H. The fourth-order valence-electron chi connectivity index (χ4n) is 1.28. The SMILES string of the molecule is Brc1cc(Br)c2cc(Br)c(Br)cc2c1. The van der Waals surface area contributed by atoms with Crippen molar-refractivity contribution in [3.05, 3.63) is 42.2 Å². The minimum atomic E-state index is 1.06. The van der Waals surface area contributed by atoms with Crippen LogP contribution in [0.4, 0.5) is 0 Å². The van der Waals surface area contributed by atoms with Crippen LogP contribution in [0.15, 0.2) is 42.2 Å². The lowest BCUT2D eigenvalue weighted by molar-refractivity contribution is 1.61. The van der Waals surface area contributed by atoms with Crippen molar-refractivity contribution < 1.29 is 0 Å². The first-order valence-corrected chi connectivity index (χ1v) is 6.99. The van der Waals surface area contributed by atoms with Gasteiger partial charge in [-0.3, -0.25) is 0 Å². The maximum absolute atomic E-state index is 3.54. The first kappa shape index (κ1) is 11.1. The Morgan fingerprint density at radius 1 is 0.643 bits per heavy atom. The summed E-state index contributed by atoms with van der Waals surface area (Å²) >= 11 is 14.0. The zero-order valence-corrected chi connectivity index (χ0v) is 13.2. The van der Waals surface area contributed by atoms with Crippen LogP contribution in [0.5, 0.6) is 0 Å². The molecule has 0 nitrogen and oxygen atoms in total. The summed E-state index contributed by atoms with van der Waals surface area (Å²) < 4.78 is 4.30. The highest BCUT2D eigenvalue weighted by molar-refractivity contribution is 9.13. The van der Waals surface area contributed by atoms with Gasteiger partial charge in [0.15, 0.2) is 0 Å². The van der Waals surface area contributed by atoms with E-state index in [1.807, 2.05) is 6.07 Å². The number of benzene rings is 2. The van der Waals surface area contributed by atoms with Gasteiger partial charge in [0.2, 0.25) is 0 Å². The Kier molecular flexibility index (Phi) is 3.37. The zero-order valence-electron chi connectivity index (χ0n) is 6.82. The summed E-state index contributed by atoms with van der Waals surface area (Å²) in [5, 5.41) is 2.39. The second kappa shape index (κ2) is 4.24. The Morgan fingerprint density at radius 2 is 1.29 bits per heavy atom. The van der Waals surface area contributed by atoms with E-state index in [1.165, 1.54) is 10.8 Å². The van der Waals surface area contributed by atoms with Crippen LogP contribution < -0.4 is 0 Å². The van der Waals surface area contributed by atoms with Crippen LogP contribution in [-0.2, 0) is 0 Å². The number of fused-ring (bicyclic) bond motifs is 1. The molecular formula is C10H4Br4. The maximum atomic E-state index is 3.54. The topological polar surface area (TPSA) is 0 Å². The Morgan fingerprint density at radius 3 is 2.00 bits per heavy atom. The van der Waals surface area contributed by atoms with E-state index in [9.17, 15) is 0 Å². The van der Waals surface area contributed by atoms with E-state index in [2.05, 4.69) is 81.9 Å². The first-order chi connectivity index (χ1) is 6.58. The van der Waals surface area contributed by atoms with E-state index in [4.69, 9.17) is 0 Å². The number of hydrogen-bond acceptors (Lipinski definition) is 0. The highest BCUT2D eigenvalue weighted by Gasteiger charge is 2.04. The van der Waals surface area contributed by atoms with E-state index in [0.717, 1.165) is 17.9 Å². The molecule has 2 aromatic rings. The summed E-state index contributed by atoms with van der Waals surface area (Å²) in [6.45, 7) is 0. The molecule has 0 spiro atoms. The molecule has 0 bridgehead atoms. The second-order valence-electron chi connectivity index (χ2n) is 2.88.